The van der Waals surface area contributed by atoms with Crippen LogP contribution in [-0.4, -0.2) is 28.9 Å². The number of hydrogen-bond acceptors (Lipinski definition) is 4. The molecule has 1 atom stereocenters. The number of aliphatic imine (C=N–C) groups is 1. The van der Waals surface area contributed by atoms with Crippen LogP contribution >= 0.6 is 11.6 Å². The first-order valence-corrected chi connectivity index (χ1v) is 8.16. The third-order valence-electron chi connectivity index (χ3n) is 4.65. The molecule has 0 bridgehead atoms. The monoisotopic (exact) mass is 342 g/mol. The molecule has 5 nitrogen and oxygen atoms in total. The zero-order chi connectivity index (χ0) is 16.7. The summed E-state index contributed by atoms with van der Waals surface area (Å²) in [6.07, 6.45) is 4.67. The first-order chi connectivity index (χ1) is 11.6. The quantitative estimate of drug-likeness (QED) is 0.800. The second-order valence-electron chi connectivity index (χ2n) is 6.17. The topological polar surface area (TPSA) is 71.8 Å². The number of carboxylic acids is 1. The minimum atomic E-state index is -0.978. The molecule has 0 radical (unpaired) electrons. The van der Waals surface area contributed by atoms with Crippen molar-refractivity contribution in [3.8, 4) is 5.75 Å². The highest BCUT2D eigenvalue weighted by Crippen LogP contribution is 2.41. The molecule has 0 saturated carbocycles. The van der Waals surface area contributed by atoms with Crippen molar-refractivity contribution in [2.45, 2.75) is 24.7 Å². The van der Waals surface area contributed by atoms with E-state index in [1.165, 1.54) is 12.1 Å². The molecule has 2 aliphatic rings. The van der Waals surface area contributed by atoms with E-state index < -0.39 is 5.97 Å². The van der Waals surface area contributed by atoms with Crippen LogP contribution in [0.2, 0.25) is 5.15 Å². The lowest BCUT2D eigenvalue weighted by molar-refractivity contribution is 0.0697. The highest BCUT2D eigenvalue weighted by molar-refractivity contribution is 6.29. The van der Waals surface area contributed by atoms with E-state index in [4.69, 9.17) is 21.4 Å². The lowest BCUT2D eigenvalue weighted by Crippen LogP contribution is -2.38. The van der Waals surface area contributed by atoms with E-state index in [0.29, 0.717) is 23.2 Å². The third kappa shape index (κ3) is 2.45. The maximum absolute atomic E-state index is 11.1. The van der Waals surface area contributed by atoms with Gasteiger partial charge in [0.15, 0.2) is 0 Å². The van der Waals surface area contributed by atoms with Gasteiger partial charge >= 0.3 is 5.97 Å². The first-order valence-electron chi connectivity index (χ1n) is 7.79. The zero-order valence-corrected chi connectivity index (χ0v) is 13.6. The summed E-state index contributed by atoms with van der Waals surface area (Å²) in [5, 5.41) is 9.63. The van der Waals surface area contributed by atoms with E-state index in [1.807, 2.05) is 12.3 Å². The summed E-state index contributed by atoms with van der Waals surface area (Å²) in [5.74, 6) is -0.379. The second-order valence-corrected chi connectivity index (χ2v) is 6.56. The van der Waals surface area contributed by atoms with Crippen molar-refractivity contribution >= 4 is 29.5 Å². The van der Waals surface area contributed by atoms with Crippen molar-refractivity contribution in [3.05, 3.63) is 52.3 Å². The summed E-state index contributed by atoms with van der Waals surface area (Å²) in [4.78, 5) is 20.2. The molecule has 2 aromatic rings. The number of pyridine rings is 1. The first kappa shape index (κ1) is 15.1. The van der Waals surface area contributed by atoms with Crippen molar-refractivity contribution in [1.29, 1.82) is 0 Å². The predicted octanol–water partition coefficient (Wildman–Crippen LogP) is 3.80. The van der Waals surface area contributed by atoms with Crippen LogP contribution in [0, 0.1) is 0 Å². The fraction of sp³-hybridized carbons (Fsp3) is 0.278. The second kappa shape index (κ2) is 5.60. The van der Waals surface area contributed by atoms with E-state index >= 15 is 0 Å². The van der Waals surface area contributed by atoms with Gasteiger partial charge in [0.2, 0.25) is 0 Å². The Hall–Kier alpha value is -2.40. The van der Waals surface area contributed by atoms with Gasteiger partial charge in [-0.2, -0.15) is 0 Å². The summed E-state index contributed by atoms with van der Waals surface area (Å²) in [7, 11) is 0. The number of hydrogen-bond donors (Lipinski definition) is 1. The molecule has 24 heavy (non-hydrogen) atoms. The standard InChI is InChI=1S/C18H15ClN2O3/c19-16-6-4-12-13(21-16)2-1-7-18(12)9-20-14-8-11(17(22)23)3-5-15(14)24-10-18/h3-6,8-9H,1-2,7,10H2,(H,22,23). The SMILES string of the molecule is O=C(O)c1ccc2c(c1)N=CC1(CCCc3nc(Cl)ccc31)CO2. The Balaban J connectivity index is 1.78. The molecule has 4 rings (SSSR count). The average molecular weight is 343 g/mol. The Morgan fingerprint density at radius 3 is 3.00 bits per heavy atom. The summed E-state index contributed by atoms with van der Waals surface area (Å²) < 4.78 is 5.98. The van der Waals surface area contributed by atoms with Gasteiger partial charge in [0, 0.05) is 11.9 Å². The van der Waals surface area contributed by atoms with Crippen molar-refractivity contribution in [2.75, 3.05) is 6.61 Å². The van der Waals surface area contributed by atoms with Gasteiger partial charge < -0.3 is 9.84 Å². The van der Waals surface area contributed by atoms with Crippen molar-refractivity contribution < 1.29 is 14.6 Å². The van der Waals surface area contributed by atoms with Gasteiger partial charge in [-0.15, -0.1) is 0 Å². The highest BCUT2D eigenvalue weighted by atomic mass is 35.5. The molecule has 1 aromatic carbocycles. The molecule has 1 aliphatic heterocycles. The van der Waals surface area contributed by atoms with Gasteiger partial charge in [0.1, 0.15) is 23.2 Å². The Morgan fingerprint density at radius 2 is 2.17 bits per heavy atom. The number of rotatable bonds is 1. The van der Waals surface area contributed by atoms with Crippen LogP contribution in [0.25, 0.3) is 0 Å². The molecule has 1 aliphatic carbocycles. The smallest absolute Gasteiger partial charge is 0.335 e. The van der Waals surface area contributed by atoms with Crippen LogP contribution in [0.5, 0.6) is 5.75 Å². The van der Waals surface area contributed by atoms with Crippen molar-refractivity contribution in [1.82, 2.24) is 4.98 Å². The molecule has 2 heterocycles. The van der Waals surface area contributed by atoms with Gasteiger partial charge in [-0.1, -0.05) is 17.7 Å². The number of carbonyl (C=O) groups is 1. The number of ether oxygens (including phenoxy) is 1. The summed E-state index contributed by atoms with van der Waals surface area (Å²) in [5.41, 5.74) is 2.46. The van der Waals surface area contributed by atoms with E-state index in [-0.39, 0.29) is 11.0 Å². The number of nitrogens with zero attached hydrogens (tertiary/aromatic N) is 2. The van der Waals surface area contributed by atoms with E-state index in [0.717, 1.165) is 30.5 Å². The Bertz CT molecular complexity index is 865. The highest BCUT2D eigenvalue weighted by Gasteiger charge is 2.38. The van der Waals surface area contributed by atoms with Crippen LogP contribution in [0.15, 0.2) is 35.3 Å². The van der Waals surface area contributed by atoms with Crippen molar-refractivity contribution in [3.63, 3.8) is 0 Å². The molecule has 1 aromatic heterocycles. The van der Waals surface area contributed by atoms with Crippen LogP contribution in [0.1, 0.15) is 34.5 Å². The maximum atomic E-state index is 11.1. The number of fused-ring (bicyclic) bond motifs is 3. The number of benzene rings is 1. The Morgan fingerprint density at radius 1 is 1.29 bits per heavy atom. The lowest BCUT2D eigenvalue weighted by atomic mass is 9.73. The molecule has 0 fully saturated rings. The van der Waals surface area contributed by atoms with Gasteiger partial charge in [0.25, 0.3) is 0 Å². The van der Waals surface area contributed by atoms with Gasteiger partial charge in [-0.3, -0.25) is 4.99 Å². The van der Waals surface area contributed by atoms with Gasteiger partial charge in [-0.05, 0) is 49.1 Å². The maximum Gasteiger partial charge on any atom is 0.335 e. The van der Waals surface area contributed by atoms with E-state index in [9.17, 15) is 4.79 Å². The number of aromatic nitrogens is 1. The molecule has 122 valence electrons. The Labute approximate surface area is 144 Å². The van der Waals surface area contributed by atoms with Crippen molar-refractivity contribution in [2.24, 2.45) is 4.99 Å². The minimum absolute atomic E-state index is 0.197. The summed E-state index contributed by atoms with van der Waals surface area (Å²) in [6.45, 7) is 0.451. The van der Waals surface area contributed by atoms with Gasteiger partial charge in [-0.25, -0.2) is 9.78 Å². The lowest BCUT2D eigenvalue weighted by Gasteiger charge is -2.34. The molecule has 6 heteroatoms. The largest absolute Gasteiger partial charge is 0.490 e. The van der Waals surface area contributed by atoms with Gasteiger partial charge in [0.05, 0.1) is 11.0 Å². The van der Waals surface area contributed by atoms with Crippen LogP contribution in [0.3, 0.4) is 0 Å². The van der Waals surface area contributed by atoms with Crippen LogP contribution < -0.4 is 4.74 Å². The molecular formula is C18H15ClN2O3. The summed E-state index contributed by atoms with van der Waals surface area (Å²) >= 11 is 6.02. The zero-order valence-electron chi connectivity index (χ0n) is 12.8. The van der Waals surface area contributed by atoms with Crippen LogP contribution in [-0.2, 0) is 11.8 Å². The fourth-order valence-electron chi connectivity index (χ4n) is 3.42. The number of carboxylic acid groups (broad SMARTS) is 1. The number of aryl methyl sites for hydroxylation is 1. The average Bonchev–Trinajstić information content (AvgIpc) is 2.75. The van der Waals surface area contributed by atoms with Crippen LogP contribution in [0.4, 0.5) is 5.69 Å². The fourth-order valence-corrected chi connectivity index (χ4v) is 3.58. The third-order valence-corrected chi connectivity index (χ3v) is 4.87. The minimum Gasteiger partial charge on any atom is -0.490 e. The normalized spacial score (nSPS) is 21.5. The number of aromatic carboxylic acids is 1. The summed E-state index contributed by atoms with van der Waals surface area (Å²) in [6, 6.07) is 8.53. The van der Waals surface area contributed by atoms with E-state index in [2.05, 4.69) is 9.98 Å². The molecular weight excluding hydrogens is 328 g/mol. The predicted molar refractivity (Wildman–Crippen MR) is 90.9 cm³/mol. The molecule has 1 spiro atoms. The molecule has 1 N–H and O–H groups in total. The molecule has 1 unspecified atom stereocenters. The Kier molecular flexibility index (Phi) is 3.53. The van der Waals surface area contributed by atoms with E-state index in [1.54, 1.807) is 12.1 Å². The number of halogens is 1. The molecule has 0 amide bonds. The molecule has 0 saturated heterocycles.